The Hall–Kier alpha value is -0.920. The van der Waals surface area contributed by atoms with E-state index in [0.29, 0.717) is 0 Å². The predicted molar refractivity (Wildman–Crippen MR) is 52.7 cm³/mol. The average Bonchev–Trinajstić information content (AvgIpc) is 2.63. The largest absolute Gasteiger partial charge is 0.381 e. The number of hydrogen-bond donors (Lipinski definition) is 2. The Morgan fingerprint density at radius 2 is 2.33 bits per heavy atom. The molecule has 1 aliphatic rings. The molecule has 1 saturated carbocycles. The van der Waals surface area contributed by atoms with Crippen molar-refractivity contribution in [1.82, 2.24) is 14.9 Å². The number of rotatable bonds is 4. The van der Waals surface area contributed by atoms with Gasteiger partial charge in [0.15, 0.2) is 0 Å². The first-order valence-corrected chi connectivity index (χ1v) is 6.14. The van der Waals surface area contributed by atoms with Gasteiger partial charge in [0.1, 0.15) is 4.90 Å². The van der Waals surface area contributed by atoms with Crippen LogP contribution in [0.4, 0.5) is 0 Å². The first-order valence-electron chi connectivity index (χ1n) is 4.66. The SMILES string of the molecule is COC1CC(NS(=O)(=O)c2cn[nH]c2)C1. The minimum absolute atomic E-state index is 0.0187. The van der Waals surface area contributed by atoms with Crippen molar-refractivity contribution in [3.05, 3.63) is 12.4 Å². The third kappa shape index (κ3) is 2.19. The summed E-state index contributed by atoms with van der Waals surface area (Å²) in [6.07, 6.45) is 4.28. The number of nitrogens with zero attached hydrogens (tertiary/aromatic N) is 1. The van der Waals surface area contributed by atoms with Crippen LogP contribution in [-0.2, 0) is 14.8 Å². The molecule has 6 nitrogen and oxygen atoms in total. The van der Waals surface area contributed by atoms with E-state index in [-0.39, 0.29) is 17.0 Å². The van der Waals surface area contributed by atoms with Crippen LogP contribution < -0.4 is 4.72 Å². The fourth-order valence-corrected chi connectivity index (χ4v) is 2.69. The van der Waals surface area contributed by atoms with E-state index in [9.17, 15) is 8.42 Å². The van der Waals surface area contributed by atoms with Gasteiger partial charge >= 0.3 is 0 Å². The van der Waals surface area contributed by atoms with Crippen LogP contribution >= 0.6 is 0 Å². The number of hydrogen-bond acceptors (Lipinski definition) is 4. The zero-order chi connectivity index (χ0) is 10.9. The van der Waals surface area contributed by atoms with Crippen molar-refractivity contribution in [3.8, 4) is 0 Å². The highest BCUT2D eigenvalue weighted by Crippen LogP contribution is 2.24. The maximum absolute atomic E-state index is 11.7. The van der Waals surface area contributed by atoms with Gasteiger partial charge in [-0.15, -0.1) is 0 Å². The first-order chi connectivity index (χ1) is 7.12. The molecule has 0 bridgehead atoms. The summed E-state index contributed by atoms with van der Waals surface area (Å²) >= 11 is 0. The zero-order valence-electron chi connectivity index (χ0n) is 8.30. The molecule has 84 valence electrons. The van der Waals surface area contributed by atoms with Gasteiger partial charge in [0.2, 0.25) is 10.0 Å². The van der Waals surface area contributed by atoms with Crippen molar-refractivity contribution in [1.29, 1.82) is 0 Å². The molecule has 1 fully saturated rings. The lowest BCUT2D eigenvalue weighted by atomic mass is 9.90. The minimum Gasteiger partial charge on any atom is -0.381 e. The van der Waals surface area contributed by atoms with Gasteiger partial charge in [-0.1, -0.05) is 0 Å². The molecule has 0 aromatic carbocycles. The van der Waals surface area contributed by atoms with Gasteiger partial charge in [0, 0.05) is 19.3 Å². The lowest BCUT2D eigenvalue weighted by molar-refractivity contribution is 0.0236. The number of nitrogens with one attached hydrogen (secondary N) is 2. The maximum Gasteiger partial charge on any atom is 0.243 e. The third-order valence-corrected chi connectivity index (χ3v) is 4.02. The summed E-state index contributed by atoms with van der Waals surface area (Å²) in [5.41, 5.74) is 0. The molecule has 1 aliphatic carbocycles. The second kappa shape index (κ2) is 3.92. The summed E-state index contributed by atoms with van der Waals surface area (Å²) in [4.78, 5) is 0.170. The summed E-state index contributed by atoms with van der Waals surface area (Å²) in [6.45, 7) is 0. The highest BCUT2D eigenvalue weighted by atomic mass is 32.2. The van der Waals surface area contributed by atoms with Gasteiger partial charge < -0.3 is 4.74 Å². The molecule has 2 rings (SSSR count). The Bertz CT molecular complexity index is 408. The molecule has 0 saturated heterocycles. The molecule has 0 aliphatic heterocycles. The summed E-state index contributed by atoms with van der Waals surface area (Å²) in [6, 6.07) is -0.0187. The summed E-state index contributed by atoms with van der Waals surface area (Å²) in [5, 5.41) is 6.07. The molecule has 0 atom stereocenters. The van der Waals surface area contributed by atoms with Crippen molar-refractivity contribution >= 4 is 10.0 Å². The van der Waals surface area contributed by atoms with Crippen LogP contribution in [0.3, 0.4) is 0 Å². The quantitative estimate of drug-likeness (QED) is 0.755. The normalized spacial score (nSPS) is 26.2. The van der Waals surface area contributed by atoms with Crippen molar-refractivity contribution in [3.63, 3.8) is 0 Å². The van der Waals surface area contributed by atoms with Gasteiger partial charge in [0.25, 0.3) is 0 Å². The van der Waals surface area contributed by atoms with Crippen LogP contribution in [0.25, 0.3) is 0 Å². The predicted octanol–water partition coefficient (Wildman–Crippen LogP) is -0.135. The second-order valence-electron chi connectivity index (χ2n) is 3.58. The van der Waals surface area contributed by atoms with E-state index in [4.69, 9.17) is 4.74 Å². The molecule has 1 heterocycles. The highest BCUT2D eigenvalue weighted by molar-refractivity contribution is 7.89. The molecule has 15 heavy (non-hydrogen) atoms. The summed E-state index contributed by atoms with van der Waals surface area (Å²) < 4.78 is 31.0. The number of H-pyrrole nitrogens is 1. The van der Waals surface area contributed by atoms with Gasteiger partial charge in [-0.25, -0.2) is 13.1 Å². The zero-order valence-corrected chi connectivity index (χ0v) is 9.12. The fraction of sp³-hybridized carbons (Fsp3) is 0.625. The molecular weight excluding hydrogens is 218 g/mol. The molecular formula is C8H13N3O3S. The van der Waals surface area contributed by atoms with Crippen molar-refractivity contribution in [2.24, 2.45) is 0 Å². The molecule has 2 N–H and O–H groups in total. The van der Waals surface area contributed by atoms with Crippen molar-refractivity contribution in [2.45, 2.75) is 29.9 Å². The second-order valence-corrected chi connectivity index (χ2v) is 5.30. The molecule has 1 aromatic heterocycles. The number of aromatic amines is 1. The van der Waals surface area contributed by atoms with E-state index in [0.717, 1.165) is 12.8 Å². The molecule has 0 unspecified atom stereocenters. The molecule has 0 amide bonds. The number of sulfonamides is 1. The van der Waals surface area contributed by atoms with Crippen LogP contribution in [-0.4, -0.2) is 37.9 Å². The van der Waals surface area contributed by atoms with Crippen LogP contribution in [0.1, 0.15) is 12.8 Å². The Morgan fingerprint density at radius 3 is 2.87 bits per heavy atom. The number of ether oxygens (including phenoxy) is 1. The van der Waals surface area contributed by atoms with E-state index in [2.05, 4.69) is 14.9 Å². The van der Waals surface area contributed by atoms with Gasteiger partial charge in [-0.05, 0) is 12.8 Å². The lowest BCUT2D eigenvalue weighted by Crippen LogP contribution is -2.47. The fourth-order valence-electron chi connectivity index (χ4n) is 1.53. The lowest BCUT2D eigenvalue weighted by Gasteiger charge is -2.34. The molecule has 0 radical (unpaired) electrons. The minimum atomic E-state index is -3.41. The number of aromatic nitrogens is 2. The van der Waals surface area contributed by atoms with E-state index >= 15 is 0 Å². The van der Waals surface area contributed by atoms with E-state index in [1.165, 1.54) is 12.4 Å². The van der Waals surface area contributed by atoms with Crippen LogP contribution in [0, 0.1) is 0 Å². The van der Waals surface area contributed by atoms with E-state index in [1.807, 2.05) is 0 Å². The highest BCUT2D eigenvalue weighted by Gasteiger charge is 2.32. The Morgan fingerprint density at radius 1 is 1.60 bits per heavy atom. The number of methoxy groups -OCH3 is 1. The Labute approximate surface area is 88.1 Å². The standard InChI is InChI=1S/C8H13N3O3S/c1-14-7-2-6(3-7)11-15(12,13)8-4-9-10-5-8/h4-7,11H,2-3H2,1H3,(H,9,10). The van der Waals surface area contributed by atoms with E-state index in [1.54, 1.807) is 7.11 Å². The van der Waals surface area contributed by atoms with Crippen LogP contribution in [0.15, 0.2) is 17.3 Å². The van der Waals surface area contributed by atoms with Crippen LogP contribution in [0.2, 0.25) is 0 Å². The summed E-state index contributed by atoms with van der Waals surface area (Å²) in [5.74, 6) is 0. The topological polar surface area (TPSA) is 84.1 Å². The van der Waals surface area contributed by atoms with Gasteiger partial charge in [-0.2, -0.15) is 5.10 Å². The van der Waals surface area contributed by atoms with E-state index < -0.39 is 10.0 Å². The Balaban J connectivity index is 1.96. The molecule has 7 heteroatoms. The molecule has 1 aromatic rings. The monoisotopic (exact) mass is 231 g/mol. The van der Waals surface area contributed by atoms with Gasteiger partial charge in [0.05, 0.1) is 12.3 Å². The van der Waals surface area contributed by atoms with Crippen molar-refractivity contribution in [2.75, 3.05) is 7.11 Å². The Kier molecular flexibility index (Phi) is 2.76. The average molecular weight is 231 g/mol. The smallest absolute Gasteiger partial charge is 0.243 e. The third-order valence-electron chi connectivity index (χ3n) is 2.53. The van der Waals surface area contributed by atoms with Crippen LogP contribution in [0.5, 0.6) is 0 Å². The molecule has 0 spiro atoms. The summed E-state index contributed by atoms with van der Waals surface area (Å²) in [7, 11) is -1.78. The van der Waals surface area contributed by atoms with Crippen molar-refractivity contribution < 1.29 is 13.2 Å². The first kappa shape index (κ1) is 10.6. The van der Waals surface area contributed by atoms with Gasteiger partial charge in [-0.3, -0.25) is 5.10 Å². The maximum atomic E-state index is 11.7.